The van der Waals surface area contributed by atoms with E-state index >= 15 is 0 Å². The Morgan fingerprint density at radius 3 is 1.50 bits per heavy atom. The van der Waals surface area contributed by atoms with E-state index in [0.29, 0.717) is 0 Å². The summed E-state index contributed by atoms with van der Waals surface area (Å²) in [5.41, 5.74) is 2.34. The van der Waals surface area contributed by atoms with Crippen LogP contribution in [0.3, 0.4) is 0 Å². The molecule has 2 aliphatic rings. The molecule has 207 valence electrons. The van der Waals surface area contributed by atoms with Crippen molar-refractivity contribution < 1.29 is 9.47 Å². The summed E-state index contributed by atoms with van der Waals surface area (Å²) in [7, 11) is 59.2. The Balaban J connectivity index is 0.000000179. The van der Waals surface area contributed by atoms with Gasteiger partial charge in [0.05, 0.1) is 6.54 Å². The van der Waals surface area contributed by atoms with Crippen LogP contribution in [0.15, 0.2) is 36.4 Å². The third kappa shape index (κ3) is 10.9. The van der Waals surface area contributed by atoms with Gasteiger partial charge in [0.25, 0.3) is 0 Å². The number of hydrogen-bond acceptors (Lipinski definition) is 4. The van der Waals surface area contributed by atoms with E-state index in [1.54, 1.807) is 0 Å². The van der Waals surface area contributed by atoms with Crippen molar-refractivity contribution >= 4 is 203 Å². The molecule has 0 amide bonds. The minimum absolute atomic E-state index is 0.315. The van der Waals surface area contributed by atoms with Gasteiger partial charge in [-0.05, 0) is 34.7 Å². The van der Waals surface area contributed by atoms with E-state index < -0.39 is 56.7 Å². The van der Waals surface area contributed by atoms with E-state index in [4.69, 9.17) is 99.7 Å². The maximum absolute atomic E-state index is 5.68. The number of aromatic nitrogens is 4. The summed E-state index contributed by atoms with van der Waals surface area (Å²) < 4.78 is 17.8. The van der Waals surface area contributed by atoms with Gasteiger partial charge in [-0.25, -0.2) is 0 Å². The zero-order valence-electron chi connectivity index (χ0n) is 27.7. The van der Waals surface area contributed by atoms with Crippen LogP contribution in [-0.4, -0.2) is 188 Å². The van der Waals surface area contributed by atoms with E-state index in [0.717, 1.165) is 47.0 Å². The molecule has 0 saturated carbocycles. The van der Waals surface area contributed by atoms with Crippen LogP contribution >= 0.6 is 22.6 Å². The first-order valence-electron chi connectivity index (χ1n) is 15.5. The summed E-state index contributed by atoms with van der Waals surface area (Å²) in [5.74, 6) is 1.96. The van der Waals surface area contributed by atoms with Crippen LogP contribution < -0.4 is 13.2 Å². The van der Waals surface area contributed by atoms with Gasteiger partial charge in [-0.3, -0.25) is 4.68 Å². The van der Waals surface area contributed by atoms with Crippen LogP contribution in [0.25, 0.3) is 21.8 Å². The molecule has 0 atom stereocenters. The van der Waals surface area contributed by atoms with E-state index in [9.17, 15) is 0 Å². The van der Waals surface area contributed by atoms with Crippen LogP contribution in [0, 0.1) is 3.70 Å². The fourth-order valence-corrected chi connectivity index (χ4v) is 10.0. The Bertz CT molecular complexity index is 1590. The molecule has 2 aromatic carbocycles. The Labute approximate surface area is 322 Å². The Kier molecular flexibility index (Phi) is 16.7. The molecule has 48 heavy (non-hydrogen) atoms. The fraction of sp³-hybridized carbons (Fsp3) is 0.333. The van der Waals surface area contributed by atoms with E-state index in [1.807, 2.05) is 22.9 Å². The molecule has 2 aromatic heterocycles. The molecule has 4 aromatic rings. The molecular weight excluding hydrogens is 791 g/mol. The van der Waals surface area contributed by atoms with Crippen molar-refractivity contribution in [3.8, 4) is 11.5 Å². The molecule has 27 heteroatoms. The summed E-state index contributed by atoms with van der Waals surface area (Å²) in [6.07, 6.45) is -3.91. The Morgan fingerprint density at radius 2 is 1.12 bits per heavy atom. The topological polar surface area (TPSA) is 54.1 Å². The van der Waals surface area contributed by atoms with Gasteiger partial charge in [-0.1, -0.05) is 6.07 Å². The van der Waals surface area contributed by atoms with E-state index in [2.05, 4.69) is 65.4 Å². The summed E-state index contributed by atoms with van der Waals surface area (Å²) in [5, 5.41) is 11.8. The number of ether oxygens (including phenoxy) is 2. The molecule has 0 N–H and O–H groups in total. The van der Waals surface area contributed by atoms with Gasteiger partial charge in [0.15, 0.2) is 0 Å². The third-order valence-corrected chi connectivity index (χ3v) is 13.6. The van der Waals surface area contributed by atoms with Gasteiger partial charge in [0.1, 0.15) is 21.6 Å². The summed E-state index contributed by atoms with van der Waals surface area (Å²) in [6.45, 7) is 3.21. The molecule has 4 heterocycles. The second-order valence-electron chi connectivity index (χ2n) is 12.6. The monoisotopic (exact) mass is 819 g/mol. The van der Waals surface area contributed by atoms with Crippen molar-refractivity contribution in [1.29, 1.82) is 0 Å². The number of hydrogen-bond donors (Lipinski definition) is 0. The van der Waals surface area contributed by atoms with Gasteiger partial charge >= 0.3 is 99.4 Å². The van der Waals surface area contributed by atoms with Gasteiger partial charge in [0.2, 0.25) is 0 Å². The predicted molar refractivity (Wildman–Crippen MR) is 235 cm³/mol. The Morgan fingerprint density at radius 1 is 0.688 bits per heavy atom. The standard InChI is InChI=1S/C9H7IN2O.C9H7N2O.3CH3.B10.B9.Sn/c10-9-6-2-1-3-7-8(6)12(11-9)4-5-13-7;1-2-7-6-10-11-4-5-12-8(3-1)9(7)11;;;;1-7(2)10(8(3)4)9(5)6;1-6-9(7(2)3)8(4)5;/h1-3H,4-5H2;1-3H,4-5H2;3*1H3;;;. The molecule has 23 radical (unpaired) electrons. The van der Waals surface area contributed by atoms with E-state index in [1.165, 1.54) is 27.1 Å². The van der Waals surface area contributed by atoms with Crippen LogP contribution in [-0.2, 0) is 13.1 Å². The molecule has 0 bridgehead atoms. The summed E-state index contributed by atoms with van der Waals surface area (Å²) >= 11 is 0.140. The average molecular weight is 814 g/mol. The quantitative estimate of drug-likeness (QED) is 0.146. The number of rotatable bonds is 7. The fourth-order valence-electron chi connectivity index (χ4n) is 5.25. The molecule has 6 nitrogen and oxygen atoms in total. The SMILES string of the molecule is Ic1nn2c3c(cccc13)OCC2.[B]B([B])B(B([B])[B])B([B])[B].[B][B]B(B([B])[B])B([B])[B].[CH3][Sn]([CH3])([CH3])[c]1nn2c3c(cccc13)OCC2. The first-order valence-corrected chi connectivity index (χ1v) is 26.6. The number of nitrogens with zero attached hydrogens (tertiary/aromatic N) is 4. The van der Waals surface area contributed by atoms with Gasteiger partial charge in [-0.15, -0.1) is 0 Å². The van der Waals surface area contributed by atoms with Crippen molar-refractivity contribution in [2.75, 3.05) is 13.2 Å². The molecule has 0 aliphatic carbocycles. The predicted octanol–water partition coefficient (Wildman–Crippen LogP) is -3.23. The molecule has 6 rings (SSSR count). The molecule has 0 spiro atoms. The van der Waals surface area contributed by atoms with Crippen LogP contribution in [0.2, 0.25) is 14.8 Å². The van der Waals surface area contributed by atoms with Crippen LogP contribution in [0.4, 0.5) is 0 Å². The van der Waals surface area contributed by atoms with Crippen molar-refractivity contribution in [1.82, 2.24) is 19.6 Å². The number of benzene rings is 2. The second kappa shape index (κ2) is 19.0. The van der Waals surface area contributed by atoms with Crippen molar-refractivity contribution in [2.45, 2.75) is 27.9 Å². The summed E-state index contributed by atoms with van der Waals surface area (Å²) in [4.78, 5) is 7.23. The van der Waals surface area contributed by atoms with Crippen molar-refractivity contribution in [2.24, 2.45) is 0 Å². The number of para-hydroxylation sites is 2. The molecule has 0 unspecified atom stereocenters. The van der Waals surface area contributed by atoms with Crippen LogP contribution in [0.1, 0.15) is 0 Å². The minimum atomic E-state index is -2.12. The first-order chi connectivity index (χ1) is 22.5. The van der Waals surface area contributed by atoms with Gasteiger partial charge in [0, 0.05) is 142 Å². The zero-order valence-corrected chi connectivity index (χ0v) is 32.8. The normalized spacial score (nSPS) is 12.2. The molecule has 0 saturated heterocycles. The number of halogens is 1. The maximum atomic E-state index is 5.68. The first kappa shape index (κ1) is 42.2. The molecule has 0 fully saturated rings. The van der Waals surface area contributed by atoms with Crippen molar-refractivity contribution in [3.63, 3.8) is 0 Å². The average Bonchev–Trinajstić information content (AvgIpc) is 3.54. The molecule has 2 aliphatic heterocycles. The van der Waals surface area contributed by atoms with E-state index in [-0.39, 0.29) is 6.39 Å². The van der Waals surface area contributed by atoms with Crippen LogP contribution in [0.5, 0.6) is 11.5 Å². The van der Waals surface area contributed by atoms with Crippen molar-refractivity contribution in [3.05, 3.63) is 40.1 Å². The summed E-state index contributed by atoms with van der Waals surface area (Å²) in [6, 6.07) is 12.4. The second-order valence-corrected chi connectivity index (χ2v) is 27.8. The Hall–Kier alpha value is -0.258. The zero-order chi connectivity index (χ0) is 35.9. The molecular formula is C21H23B19IN4O2Sn. The van der Waals surface area contributed by atoms with Gasteiger partial charge in [-0.2, -0.15) is 5.10 Å². The third-order valence-electron chi connectivity index (χ3n) is 7.70. The van der Waals surface area contributed by atoms with Gasteiger partial charge < -0.3 is 4.74 Å².